The summed E-state index contributed by atoms with van der Waals surface area (Å²) >= 11 is 0. The average molecular weight is 189 g/mol. The first kappa shape index (κ1) is 11.3. The molecule has 0 amide bonds. The molecule has 0 saturated heterocycles. The summed E-state index contributed by atoms with van der Waals surface area (Å²) in [6.07, 6.45) is 3.41. The first-order valence-electron chi connectivity index (χ1n) is 5.43. The minimum absolute atomic E-state index is 1.03. The number of aryl methyl sites for hydroxylation is 2. The van der Waals surface area contributed by atoms with Gasteiger partial charge >= 0.3 is 0 Å². The molecule has 0 saturated carbocycles. The predicted octanol–water partition coefficient (Wildman–Crippen LogP) is 4.08. The zero-order valence-corrected chi connectivity index (χ0v) is 9.91. The fraction of sp³-hybridized carbons (Fsp3) is 0.500. The molecule has 0 bridgehead atoms. The van der Waals surface area contributed by atoms with Crippen molar-refractivity contribution in [3.05, 3.63) is 40.8 Å². The summed E-state index contributed by atoms with van der Waals surface area (Å²) in [5.74, 6) is 0. The summed E-state index contributed by atoms with van der Waals surface area (Å²) in [4.78, 5) is 0. The van der Waals surface area contributed by atoms with Crippen molar-refractivity contribution in [2.45, 2.75) is 47.0 Å². The first-order chi connectivity index (χ1) is 6.57. The van der Waals surface area contributed by atoms with Gasteiger partial charge in [-0.05, 0) is 68.4 Å². The highest BCUT2D eigenvalue weighted by atomic mass is 14.1. The van der Waals surface area contributed by atoms with E-state index in [2.05, 4.69) is 40.7 Å². The van der Waals surface area contributed by atoms with Crippen molar-refractivity contribution in [3.63, 3.8) is 0 Å². The van der Waals surface area contributed by atoms with Crippen LogP contribution < -0.4 is 0 Å². The molecule has 0 aliphatic carbocycles. The molecule has 0 heterocycles. The molecule has 0 aliphatic rings. The predicted molar refractivity (Wildman–Crippen MR) is 63.7 cm³/mol. The van der Waals surface area contributed by atoms with Gasteiger partial charge in [-0.2, -0.15) is 0 Å². The van der Waals surface area contributed by atoms with Crippen molar-refractivity contribution in [1.82, 2.24) is 0 Å². The summed E-state index contributed by atoms with van der Waals surface area (Å²) in [7, 11) is 0. The van der Waals surface area contributed by atoms with E-state index in [0.717, 1.165) is 6.42 Å². The molecule has 0 aliphatic heterocycles. The lowest BCUT2D eigenvalue weighted by molar-refractivity contribution is 0.827. The van der Waals surface area contributed by atoms with Crippen molar-refractivity contribution in [2.75, 3.05) is 0 Å². The smallest absolute Gasteiger partial charge is 0.0274 e. The largest absolute Gasteiger partial charge is 0.0558 e. The van der Waals surface area contributed by atoms with E-state index in [0.29, 0.717) is 0 Å². The molecule has 0 heteroatoms. The molecule has 77 valence electrons. The maximum absolute atomic E-state index is 3.90. The van der Waals surface area contributed by atoms with Crippen molar-refractivity contribution < 1.29 is 0 Å². The van der Waals surface area contributed by atoms with E-state index in [1.807, 2.05) is 0 Å². The van der Waals surface area contributed by atoms with Crippen LogP contribution in [0.15, 0.2) is 6.07 Å². The summed E-state index contributed by atoms with van der Waals surface area (Å²) in [6, 6.07) is 2.31. The van der Waals surface area contributed by atoms with Crippen LogP contribution in [0.2, 0.25) is 0 Å². The molecule has 1 radical (unpaired) electrons. The Bertz CT molecular complexity index is 321. The Labute approximate surface area is 88.4 Å². The van der Waals surface area contributed by atoms with Gasteiger partial charge in [-0.25, -0.2) is 0 Å². The SMILES string of the molecule is [CH2]CCCc1c(C)cc(C)c(C)c1C. The molecular weight excluding hydrogens is 168 g/mol. The van der Waals surface area contributed by atoms with E-state index < -0.39 is 0 Å². The normalized spacial score (nSPS) is 10.6. The van der Waals surface area contributed by atoms with Crippen molar-refractivity contribution >= 4 is 0 Å². The second kappa shape index (κ2) is 4.63. The second-order valence-corrected chi connectivity index (χ2v) is 4.20. The Morgan fingerprint density at radius 3 is 2.21 bits per heavy atom. The van der Waals surface area contributed by atoms with Gasteiger partial charge in [0.05, 0.1) is 0 Å². The lowest BCUT2D eigenvalue weighted by Gasteiger charge is -2.14. The van der Waals surface area contributed by atoms with Crippen LogP contribution >= 0.6 is 0 Å². The highest BCUT2D eigenvalue weighted by Crippen LogP contribution is 2.22. The monoisotopic (exact) mass is 189 g/mol. The van der Waals surface area contributed by atoms with Gasteiger partial charge in [0.15, 0.2) is 0 Å². The van der Waals surface area contributed by atoms with E-state index in [4.69, 9.17) is 0 Å². The molecule has 0 aromatic heterocycles. The molecule has 0 fully saturated rings. The number of hydrogen-bond acceptors (Lipinski definition) is 0. The number of hydrogen-bond donors (Lipinski definition) is 0. The zero-order valence-electron chi connectivity index (χ0n) is 9.91. The van der Waals surface area contributed by atoms with Crippen molar-refractivity contribution in [1.29, 1.82) is 0 Å². The van der Waals surface area contributed by atoms with Gasteiger partial charge in [-0.15, -0.1) is 0 Å². The summed E-state index contributed by atoms with van der Waals surface area (Å²) in [5, 5.41) is 0. The average Bonchev–Trinajstić information content (AvgIpc) is 2.14. The molecule has 0 unspecified atom stereocenters. The van der Waals surface area contributed by atoms with Crippen LogP contribution in [0.25, 0.3) is 0 Å². The molecule has 1 aromatic rings. The van der Waals surface area contributed by atoms with E-state index in [-0.39, 0.29) is 0 Å². The van der Waals surface area contributed by atoms with Gasteiger partial charge < -0.3 is 0 Å². The lowest BCUT2D eigenvalue weighted by Crippen LogP contribution is -1.98. The van der Waals surface area contributed by atoms with Gasteiger partial charge in [0, 0.05) is 0 Å². The molecule has 1 aromatic carbocycles. The topological polar surface area (TPSA) is 0 Å². The summed E-state index contributed by atoms with van der Waals surface area (Å²) in [5.41, 5.74) is 7.33. The van der Waals surface area contributed by atoms with E-state index in [1.54, 1.807) is 0 Å². The zero-order chi connectivity index (χ0) is 10.7. The Kier molecular flexibility index (Phi) is 3.74. The Hall–Kier alpha value is -0.780. The second-order valence-electron chi connectivity index (χ2n) is 4.20. The minimum Gasteiger partial charge on any atom is -0.0558 e. The molecule has 0 N–H and O–H groups in total. The molecule has 0 spiro atoms. The third-order valence-electron chi connectivity index (χ3n) is 3.19. The molecular formula is C14H21. The van der Waals surface area contributed by atoms with Crippen molar-refractivity contribution in [3.8, 4) is 0 Å². The van der Waals surface area contributed by atoms with Crippen molar-refractivity contribution in [2.24, 2.45) is 0 Å². The fourth-order valence-electron chi connectivity index (χ4n) is 2.02. The Morgan fingerprint density at radius 1 is 1.00 bits per heavy atom. The Morgan fingerprint density at radius 2 is 1.64 bits per heavy atom. The van der Waals surface area contributed by atoms with Crippen LogP contribution in [-0.2, 0) is 6.42 Å². The minimum atomic E-state index is 1.03. The maximum atomic E-state index is 3.90. The fourth-order valence-corrected chi connectivity index (χ4v) is 2.02. The highest BCUT2D eigenvalue weighted by molar-refractivity contribution is 5.43. The van der Waals surface area contributed by atoms with E-state index in [9.17, 15) is 0 Å². The maximum Gasteiger partial charge on any atom is -0.0274 e. The number of rotatable bonds is 3. The third kappa shape index (κ3) is 2.17. The molecule has 0 atom stereocenters. The van der Waals surface area contributed by atoms with Gasteiger partial charge in [0.2, 0.25) is 0 Å². The van der Waals surface area contributed by atoms with Gasteiger partial charge in [0.1, 0.15) is 0 Å². The third-order valence-corrected chi connectivity index (χ3v) is 3.19. The van der Waals surface area contributed by atoms with Crippen LogP contribution in [0.5, 0.6) is 0 Å². The number of unbranched alkanes of at least 4 members (excludes halogenated alkanes) is 1. The van der Waals surface area contributed by atoms with Gasteiger partial charge in [-0.1, -0.05) is 19.4 Å². The standard InChI is InChI=1S/C14H21/c1-6-7-8-14-11(3)9-10(2)12(4)13(14)5/h9H,1,6-8H2,2-5H3. The Balaban J connectivity index is 3.09. The van der Waals surface area contributed by atoms with Crippen LogP contribution in [0, 0.1) is 34.6 Å². The summed E-state index contributed by atoms with van der Waals surface area (Å²) in [6.45, 7) is 12.8. The van der Waals surface area contributed by atoms with Crippen LogP contribution in [0.4, 0.5) is 0 Å². The quantitative estimate of drug-likeness (QED) is 0.672. The lowest BCUT2D eigenvalue weighted by atomic mass is 9.91. The van der Waals surface area contributed by atoms with Crippen LogP contribution in [0.3, 0.4) is 0 Å². The van der Waals surface area contributed by atoms with Crippen LogP contribution in [0.1, 0.15) is 40.7 Å². The first-order valence-corrected chi connectivity index (χ1v) is 5.43. The molecule has 1 rings (SSSR count). The number of benzene rings is 1. The van der Waals surface area contributed by atoms with Gasteiger partial charge in [0.25, 0.3) is 0 Å². The molecule has 0 nitrogen and oxygen atoms in total. The van der Waals surface area contributed by atoms with E-state index in [1.165, 1.54) is 40.7 Å². The van der Waals surface area contributed by atoms with E-state index >= 15 is 0 Å². The van der Waals surface area contributed by atoms with Crippen LogP contribution in [-0.4, -0.2) is 0 Å². The van der Waals surface area contributed by atoms with Gasteiger partial charge in [-0.3, -0.25) is 0 Å². The summed E-state index contributed by atoms with van der Waals surface area (Å²) < 4.78 is 0. The highest BCUT2D eigenvalue weighted by Gasteiger charge is 2.06. The molecule has 14 heavy (non-hydrogen) atoms.